The number of terminal acetylenes is 1. The molecular formula is C11H10O2. The third-order valence-electron chi connectivity index (χ3n) is 1.67. The Bertz CT molecular complexity index is 322. The van der Waals surface area contributed by atoms with Crippen LogP contribution in [0.15, 0.2) is 30.3 Å². The van der Waals surface area contributed by atoms with Crippen LogP contribution in [0.3, 0.4) is 0 Å². The molecule has 0 aliphatic rings. The van der Waals surface area contributed by atoms with Gasteiger partial charge in [0.15, 0.2) is 0 Å². The molecule has 0 spiro atoms. The van der Waals surface area contributed by atoms with Gasteiger partial charge in [0.05, 0.1) is 0 Å². The van der Waals surface area contributed by atoms with Crippen LogP contribution in [0.1, 0.15) is 18.6 Å². The molecule has 0 saturated heterocycles. The summed E-state index contributed by atoms with van der Waals surface area (Å²) in [7, 11) is 0. The van der Waals surface area contributed by atoms with E-state index in [0.717, 1.165) is 5.56 Å². The van der Waals surface area contributed by atoms with Crippen LogP contribution in [0.4, 0.5) is 0 Å². The molecule has 0 aromatic heterocycles. The third-order valence-corrected chi connectivity index (χ3v) is 1.67. The molecule has 0 bridgehead atoms. The van der Waals surface area contributed by atoms with E-state index in [2.05, 4.69) is 0 Å². The number of benzene rings is 1. The second-order valence-electron chi connectivity index (χ2n) is 2.60. The molecule has 0 fully saturated rings. The SMILES string of the molecule is C#CC(=O)OC(C)c1ccccc1. The van der Waals surface area contributed by atoms with Crippen LogP contribution in [0.5, 0.6) is 0 Å². The van der Waals surface area contributed by atoms with Gasteiger partial charge in [-0.25, -0.2) is 4.79 Å². The highest BCUT2D eigenvalue weighted by Gasteiger charge is 2.08. The van der Waals surface area contributed by atoms with Gasteiger partial charge in [0.2, 0.25) is 0 Å². The molecule has 2 nitrogen and oxygen atoms in total. The minimum atomic E-state index is -0.628. The number of rotatable bonds is 2. The fraction of sp³-hybridized carbons (Fsp3) is 0.182. The highest BCUT2D eigenvalue weighted by atomic mass is 16.5. The molecule has 13 heavy (non-hydrogen) atoms. The van der Waals surface area contributed by atoms with Crippen LogP contribution < -0.4 is 0 Å². The molecule has 0 radical (unpaired) electrons. The molecule has 1 aromatic carbocycles. The largest absolute Gasteiger partial charge is 0.448 e. The van der Waals surface area contributed by atoms with Gasteiger partial charge in [-0.1, -0.05) is 30.3 Å². The summed E-state index contributed by atoms with van der Waals surface area (Å²) in [6.45, 7) is 1.78. The molecule has 1 aromatic rings. The summed E-state index contributed by atoms with van der Waals surface area (Å²) >= 11 is 0. The lowest BCUT2D eigenvalue weighted by atomic mass is 10.1. The first-order valence-electron chi connectivity index (χ1n) is 3.96. The predicted octanol–water partition coefficient (Wildman–Crippen LogP) is 1.92. The summed E-state index contributed by atoms with van der Waals surface area (Å²) in [5.41, 5.74) is 0.936. The normalized spacial score (nSPS) is 11.4. The number of esters is 1. The molecule has 0 saturated carbocycles. The number of carbonyl (C=O) groups is 1. The number of carbonyl (C=O) groups excluding carboxylic acids is 1. The van der Waals surface area contributed by atoms with E-state index >= 15 is 0 Å². The van der Waals surface area contributed by atoms with Crippen molar-refractivity contribution in [1.82, 2.24) is 0 Å². The monoisotopic (exact) mass is 174 g/mol. The van der Waals surface area contributed by atoms with Gasteiger partial charge in [0, 0.05) is 5.92 Å². The van der Waals surface area contributed by atoms with Gasteiger partial charge in [0.25, 0.3) is 0 Å². The molecule has 1 rings (SSSR count). The molecule has 0 aliphatic carbocycles. The summed E-state index contributed by atoms with van der Waals surface area (Å²) < 4.78 is 4.91. The molecule has 66 valence electrons. The summed E-state index contributed by atoms with van der Waals surface area (Å²) in [6.07, 6.45) is 4.59. The van der Waals surface area contributed by atoms with Crippen LogP contribution in [0.2, 0.25) is 0 Å². The van der Waals surface area contributed by atoms with Crippen LogP contribution in [0.25, 0.3) is 0 Å². The topological polar surface area (TPSA) is 26.3 Å². The summed E-state index contributed by atoms with van der Waals surface area (Å²) in [5.74, 6) is 1.28. The van der Waals surface area contributed by atoms with E-state index in [1.807, 2.05) is 36.3 Å². The number of ether oxygens (including phenoxy) is 1. The first kappa shape index (κ1) is 9.34. The highest BCUT2D eigenvalue weighted by molar-refractivity contribution is 5.87. The van der Waals surface area contributed by atoms with Crippen molar-refractivity contribution in [2.45, 2.75) is 13.0 Å². The van der Waals surface area contributed by atoms with Crippen LogP contribution in [-0.2, 0) is 9.53 Å². The second-order valence-corrected chi connectivity index (χ2v) is 2.60. The molecule has 1 unspecified atom stereocenters. The van der Waals surface area contributed by atoms with Gasteiger partial charge < -0.3 is 4.74 Å². The van der Waals surface area contributed by atoms with E-state index in [1.54, 1.807) is 6.92 Å². The van der Waals surface area contributed by atoms with Crippen molar-refractivity contribution in [3.8, 4) is 12.3 Å². The Morgan fingerprint density at radius 2 is 2.08 bits per heavy atom. The molecule has 0 aliphatic heterocycles. The van der Waals surface area contributed by atoms with Crippen LogP contribution >= 0.6 is 0 Å². The van der Waals surface area contributed by atoms with E-state index in [-0.39, 0.29) is 6.10 Å². The second kappa shape index (κ2) is 4.32. The standard InChI is InChI=1S/C11H10O2/c1-3-11(12)13-9(2)10-7-5-4-6-8-10/h1,4-9H,2H3. The molecule has 2 heteroatoms. The van der Waals surface area contributed by atoms with Crippen molar-refractivity contribution in [1.29, 1.82) is 0 Å². The predicted molar refractivity (Wildman–Crippen MR) is 49.8 cm³/mol. The van der Waals surface area contributed by atoms with Gasteiger partial charge in [-0.2, -0.15) is 0 Å². The fourth-order valence-corrected chi connectivity index (χ4v) is 0.987. The van der Waals surface area contributed by atoms with Crippen LogP contribution in [-0.4, -0.2) is 5.97 Å². The van der Waals surface area contributed by atoms with Gasteiger partial charge in [-0.3, -0.25) is 0 Å². The van der Waals surface area contributed by atoms with Crippen LogP contribution in [0, 0.1) is 12.3 Å². The van der Waals surface area contributed by atoms with E-state index < -0.39 is 5.97 Å². The Balaban J connectivity index is 2.65. The molecule has 0 heterocycles. The van der Waals surface area contributed by atoms with E-state index in [4.69, 9.17) is 11.2 Å². The highest BCUT2D eigenvalue weighted by Crippen LogP contribution is 2.15. The van der Waals surface area contributed by atoms with Crippen molar-refractivity contribution < 1.29 is 9.53 Å². The van der Waals surface area contributed by atoms with Crippen molar-refractivity contribution in [3.63, 3.8) is 0 Å². The first-order chi connectivity index (χ1) is 6.24. The summed E-state index contributed by atoms with van der Waals surface area (Å²) in [5, 5.41) is 0. The minimum Gasteiger partial charge on any atom is -0.448 e. The van der Waals surface area contributed by atoms with Gasteiger partial charge in [-0.15, -0.1) is 6.42 Å². The number of hydrogen-bond acceptors (Lipinski definition) is 2. The fourth-order valence-electron chi connectivity index (χ4n) is 0.987. The van der Waals surface area contributed by atoms with Gasteiger partial charge in [0.1, 0.15) is 6.10 Å². The minimum absolute atomic E-state index is 0.287. The maximum atomic E-state index is 10.7. The average molecular weight is 174 g/mol. The average Bonchev–Trinajstić information content (AvgIpc) is 2.19. The zero-order valence-electron chi connectivity index (χ0n) is 7.36. The number of hydrogen-bond donors (Lipinski definition) is 0. The lowest BCUT2D eigenvalue weighted by Gasteiger charge is -2.10. The quantitative estimate of drug-likeness (QED) is 0.389. The Morgan fingerprint density at radius 1 is 1.46 bits per heavy atom. The van der Waals surface area contributed by atoms with Crippen molar-refractivity contribution in [2.75, 3.05) is 0 Å². The summed E-state index contributed by atoms with van der Waals surface area (Å²) in [4.78, 5) is 10.7. The zero-order valence-corrected chi connectivity index (χ0v) is 7.36. The van der Waals surface area contributed by atoms with Crippen molar-refractivity contribution in [2.24, 2.45) is 0 Å². The maximum Gasteiger partial charge on any atom is 0.384 e. The van der Waals surface area contributed by atoms with E-state index in [9.17, 15) is 4.79 Å². The van der Waals surface area contributed by atoms with Gasteiger partial charge >= 0.3 is 5.97 Å². The van der Waals surface area contributed by atoms with E-state index in [0.29, 0.717) is 0 Å². The lowest BCUT2D eigenvalue weighted by Crippen LogP contribution is -2.05. The molecule has 0 amide bonds. The Labute approximate surface area is 77.5 Å². The molecule has 0 N–H and O–H groups in total. The summed E-state index contributed by atoms with van der Waals surface area (Å²) in [6, 6.07) is 9.44. The smallest absolute Gasteiger partial charge is 0.384 e. The Hall–Kier alpha value is -1.75. The van der Waals surface area contributed by atoms with Crippen molar-refractivity contribution in [3.05, 3.63) is 35.9 Å². The van der Waals surface area contributed by atoms with Gasteiger partial charge in [-0.05, 0) is 12.5 Å². The molecular weight excluding hydrogens is 164 g/mol. The lowest BCUT2D eigenvalue weighted by molar-refractivity contribution is -0.141. The molecule has 1 atom stereocenters. The maximum absolute atomic E-state index is 10.7. The van der Waals surface area contributed by atoms with E-state index in [1.165, 1.54) is 0 Å². The zero-order chi connectivity index (χ0) is 9.68. The third kappa shape index (κ3) is 2.64. The Morgan fingerprint density at radius 3 is 2.62 bits per heavy atom. The van der Waals surface area contributed by atoms with Crippen molar-refractivity contribution >= 4 is 5.97 Å². The first-order valence-corrected chi connectivity index (χ1v) is 3.96. The Kier molecular flexibility index (Phi) is 3.10.